The summed E-state index contributed by atoms with van der Waals surface area (Å²) in [4.78, 5) is 40.9. The highest BCUT2D eigenvalue weighted by atomic mass is 16.5. The quantitative estimate of drug-likeness (QED) is 0.774. The molecule has 2 rings (SSSR count). The number of methoxy groups -OCH3 is 1. The number of carbonyl (C=O) groups excluding carboxylic acids is 1. The van der Waals surface area contributed by atoms with Crippen molar-refractivity contribution in [2.75, 3.05) is 7.11 Å². The molecule has 1 N–H and O–H groups in total. The Morgan fingerprint density at radius 3 is 2.67 bits per heavy atom. The van der Waals surface area contributed by atoms with Gasteiger partial charge in [-0.1, -0.05) is 0 Å². The van der Waals surface area contributed by atoms with Gasteiger partial charge in [0.05, 0.1) is 7.11 Å². The molecule has 2 aromatic rings. The van der Waals surface area contributed by atoms with E-state index in [1.807, 2.05) is 0 Å². The van der Waals surface area contributed by atoms with Crippen LogP contribution in [0.25, 0.3) is 11.2 Å². The summed E-state index contributed by atoms with van der Waals surface area (Å²) in [6, 6.07) is -0.236. The highest BCUT2D eigenvalue weighted by Gasteiger charge is 2.21. The lowest BCUT2D eigenvalue weighted by Gasteiger charge is -2.04. The minimum atomic E-state index is -0.821. The molecule has 0 fully saturated rings. The van der Waals surface area contributed by atoms with Crippen LogP contribution in [-0.4, -0.2) is 32.3 Å². The third kappa shape index (κ3) is 1.62. The molecule has 0 saturated heterocycles. The van der Waals surface area contributed by atoms with Crippen molar-refractivity contribution in [2.24, 2.45) is 0 Å². The van der Waals surface area contributed by atoms with Crippen molar-refractivity contribution >= 4 is 17.3 Å². The van der Waals surface area contributed by atoms with Crippen LogP contribution in [-0.2, 0) is 4.74 Å². The van der Waals surface area contributed by atoms with Crippen molar-refractivity contribution in [3.8, 4) is 0 Å². The number of rotatable bonds is 1. The maximum absolute atomic E-state index is 12.1. The Hall–Kier alpha value is -2.38. The fourth-order valence-corrected chi connectivity index (χ4v) is 1.76. The molecular formula is C10H12N4O4. The second-order valence-corrected chi connectivity index (χ2v) is 3.97. The Morgan fingerprint density at radius 2 is 2.11 bits per heavy atom. The van der Waals surface area contributed by atoms with Gasteiger partial charge in [0.1, 0.15) is 5.52 Å². The van der Waals surface area contributed by atoms with Crippen LogP contribution >= 0.6 is 0 Å². The molecule has 2 aromatic heterocycles. The molecule has 0 aliphatic carbocycles. The van der Waals surface area contributed by atoms with E-state index in [9.17, 15) is 14.4 Å². The molecule has 0 atom stereocenters. The zero-order chi connectivity index (χ0) is 13.4. The SMILES string of the molecule is COC(=O)n1c(=O)n(C(C)C)c2nc(=O)[nH]cc21. The van der Waals surface area contributed by atoms with E-state index in [1.165, 1.54) is 17.9 Å². The molecular weight excluding hydrogens is 240 g/mol. The van der Waals surface area contributed by atoms with Crippen LogP contribution in [0.1, 0.15) is 19.9 Å². The topological polar surface area (TPSA) is 99.0 Å². The van der Waals surface area contributed by atoms with E-state index in [0.29, 0.717) is 0 Å². The summed E-state index contributed by atoms with van der Waals surface area (Å²) in [5.41, 5.74) is -0.804. The Kier molecular flexibility index (Phi) is 2.77. The van der Waals surface area contributed by atoms with Crippen LogP contribution in [0.3, 0.4) is 0 Å². The third-order valence-electron chi connectivity index (χ3n) is 2.51. The second kappa shape index (κ2) is 4.13. The van der Waals surface area contributed by atoms with Crippen molar-refractivity contribution in [3.63, 3.8) is 0 Å². The fourth-order valence-electron chi connectivity index (χ4n) is 1.76. The zero-order valence-electron chi connectivity index (χ0n) is 10.1. The van der Waals surface area contributed by atoms with Gasteiger partial charge in [-0.2, -0.15) is 9.55 Å². The summed E-state index contributed by atoms with van der Waals surface area (Å²) in [7, 11) is 1.17. The van der Waals surface area contributed by atoms with Gasteiger partial charge in [0.15, 0.2) is 5.65 Å². The van der Waals surface area contributed by atoms with Gasteiger partial charge in [0.2, 0.25) is 0 Å². The molecule has 8 nitrogen and oxygen atoms in total. The number of carbonyl (C=O) groups is 1. The smallest absolute Gasteiger partial charge is 0.422 e. The lowest BCUT2D eigenvalue weighted by atomic mass is 10.4. The van der Waals surface area contributed by atoms with E-state index in [4.69, 9.17) is 0 Å². The van der Waals surface area contributed by atoms with Crippen molar-refractivity contribution < 1.29 is 9.53 Å². The summed E-state index contributed by atoms with van der Waals surface area (Å²) < 4.78 is 6.64. The maximum Gasteiger partial charge on any atom is 0.422 e. The van der Waals surface area contributed by atoms with Crippen LogP contribution in [0.15, 0.2) is 15.8 Å². The number of hydrogen-bond donors (Lipinski definition) is 1. The van der Waals surface area contributed by atoms with Crippen molar-refractivity contribution in [2.45, 2.75) is 19.9 Å². The number of H-pyrrole nitrogens is 1. The molecule has 0 radical (unpaired) electrons. The van der Waals surface area contributed by atoms with Crippen molar-refractivity contribution in [1.29, 1.82) is 0 Å². The van der Waals surface area contributed by atoms with Gasteiger partial charge < -0.3 is 9.72 Å². The molecule has 0 aromatic carbocycles. The molecule has 0 aliphatic heterocycles. The van der Waals surface area contributed by atoms with E-state index >= 15 is 0 Å². The second-order valence-electron chi connectivity index (χ2n) is 3.97. The number of hydrogen-bond acceptors (Lipinski definition) is 5. The molecule has 8 heteroatoms. The Balaban J connectivity index is 2.97. The highest BCUT2D eigenvalue weighted by Crippen LogP contribution is 2.12. The van der Waals surface area contributed by atoms with Crippen molar-refractivity contribution in [3.05, 3.63) is 27.2 Å². The van der Waals surface area contributed by atoms with Gasteiger partial charge in [0, 0.05) is 12.2 Å². The molecule has 0 aliphatic rings. The predicted octanol–water partition coefficient (Wildman–Crippen LogP) is 0.0817. The Labute approximate surface area is 101 Å². The molecule has 0 saturated carbocycles. The minimum absolute atomic E-state index is 0.157. The molecule has 0 bridgehead atoms. The number of nitrogens with zero attached hydrogens (tertiary/aromatic N) is 3. The predicted molar refractivity (Wildman–Crippen MR) is 62.8 cm³/mol. The average Bonchev–Trinajstić information content (AvgIpc) is 2.59. The van der Waals surface area contributed by atoms with E-state index < -0.39 is 17.5 Å². The monoisotopic (exact) mass is 252 g/mol. The molecule has 0 amide bonds. The van der Waals surface area contributed by atoms with Gasteiger partial charge >= 0.3 is 17.5 Å². The summed E-state index contributed by atoms with van der Waals surface area (Å²) in [6.07, 6.45) is 0.445. The largest absolute Gasteiger partial charge is 0.452 e. The summed E-state index contributed by atoms with van der Waals surface area (Å²) in [5.74, 6) is 0. The maximum atomic E-state index is 12.1. The first kappa shape index (κ1) is 12.1. The Bertz CT molecular complexity index is 722. The van der Waals surface area contributed by atoms with Crippen LogP contribution < -0.4 is 11.4 Å². The molecule has 2 heterocycles. The number of imidazole rings is 1. The minimum Gasteiger partial charge on any atom is -0.452 e. The van der Waals surface area contributed by atoms with E-state index in [1.54, 1.807) is 13.8 Å². The van der Waals surface area contributed by atoms with Gasteiger partial charge in [-0.15, -0.1) is 0 Å². The van der Waals surface area contributed by atoms with E-state index in [2.05, 4.69) is 14.7 Å². The van der Waals surface area contributed by atoms with Crippen LogP contribution in [0.4, 0.5) is 4.79 Å². The first-order chi connectivity index (χ1) is 8.47. The molecule has 96 valence electrons. The summed E-state index contributed by atoms with van der Waals surface area (Å²) >= 11 is 0. The first-order valence-corrected chi connectivity index (χ1v) is 5.28. The lowest BCUT2D eigenvalue weighted by Crippen LogP contribution is -2.30. The summed E-state index contributed by atoms with van der Waals surface area (Å²) in [5, 5.41) is 0. The standard InChI is InChI=1S/C10H12N4O4/c1-5(2)13-7-6(4-11-8(15)12-7)14(9(13)16)10(17)18-3/h4-5H,1-3H3,(H,11,12,15). The van der Waals surface area contributed by atoms with Crippen LogP contribution in [0.5, 0.6) is 0 Å². The third-order valence-corrected chi connectivity index (χ3v) is 2.51. The van der Waals surface area contributed by atoms with Gasteiger partial charge in [-0.3, -0.25) is 4.57 Å². The molecule has 0 spiro atoms. The van der Waals surface area contributed by atoms with Gasteiger partial charge in [-0.25, -0.2) is 14.4 Å². The van der Waals surface area contributed by atoms with E-state index in [0.717, 1.165) is 4.57 Å². The number of fused-ring (bicyclic) bond motifs is 1. The molecule has 18 heavy (non-hydrogen) atoms. The van der Waals surface area contributed by atoms with Gasteiger partial charge in [-0.05, 0) is 13.8 Å². The fraction of sp³-hybridized carbons (Fsp3) is 0.400. The van der Waals surface area contributed by atoms with Crippen molar-refractivity contribution in [1.82, 2.24) is 19.1 Å². The number of aromatic nitrogens is 4. The Morgan fingerprint density at radius 1 is 1.44 bits per heavy atom. The zero-order valence-corrected chi connectivity index (χ0v) is 10.1. The van der Waals surface area contributed by atoms with Crippen LogP contribution in [0, 0.1) is 0 Å². The number of aromatic amines is 1. The number of nitrogens with one attached hydrogen (secondary N) is 1. The lowest BCUT2D eigenvalue weighted by molar-refractivity contribution is 0.172. The first-order valence-electron chi connectivity index (χ1n) is 5.28. The van der Waals surface area contributed by atoms with Crippen LogP contribution in [0.2, 0.25) is 0 Å². The average molecular weight is 252 g/mol. The van der Waals surface area contributed by atoms with E-state index in [-0.39, 0.29) is 17.2 Å². The van der Waals surface area contributed by atoms with Gasteiger partial charge in [0.25, 0.3) is 0 Å². The summed E-state index contributed by atoms with van der Waals surface area (Å²) in [6.45, 7) is 3.51. The number of ether oxygens (including phenoxy) is 1. The normalized spacial score (nSPS) is 11.1. The highest BCUT2D eigenvalue weighted by molar-refractivity contribution is 5.84. The molecule has 0 unspecified atom stereocenters.